The number of nitrogens with zero attached hydrogens (tertiary/aromatic N) is 5. The Hall–Kier alpha value is -2.43. The Balaban J connectivity index is 2.04. The monoisotopic (exact) mass is 253 g/mol. The van der Waals surface area contributed by atoms with Crippen molar-refractivity contribution in [3.63, 3.8) is 0 Å². The average molecular weight is 253 g/mol. The summed E-state index contributed by atoms with van der Waals surface area (Å²) in [5.41, 5.74) is 2.93. The minimum absolute atomic E-state index is 0.765. The predicted octanol–water partition coefficient (Wildman–Crippen LogP) is 1.94. The summed E-state index contributed by atoms with van der Waals surface area (Å²) >= 11 is 0. The van der Waals surface area contributed by atoms with Crippen molar-refractivity contribution in [1.82, 2.24) is 19.5 Å². The molecule has 0 N–H and O–H groups in total. The van der Waals surface area contributed by atoms with E-state index in [1.54, 1.807) is 6.33 Å². The molecule has 0 atom stereocenters. The normalized spacial score (nSPS) is 10.8. The predicted molar refractivity (Wildman–Crippen MR) is 75.2 cm³/mol. The molecule has 0 amide bonds. The molecule has 2 heterocycles. The fraction of sp³-hybridized carbons (Fsp3) is 0.214. The maximum Gasteiger partial charge on any atom is 0.165 e. The summed E-state index contributed by atoms with van der Waals surface area (Å²) in [5, 5.41) is 0. The van der Waals surface area contributed by atoms with Gasteiger partial charge in [-0.15, -0.1) is 0 Å². The molecule has 2 aromatic heterocycles. The minimum Gasteiger partial charge on any atom is -0.361 e. The van der Waals surface area contributed by atoms with Gasteiger partial charge in [0, 0.05) is 14.1 Å². The zero-order valence-corrected chi connectivity index (χ0v) is 11.0. The van der Waals surface area contributed by atoms with Crippen LogP contribution in [0.15, 0.2) is 43.0 Å². The first-order valence-electron chi connectivity index (χ1n) is 6.13. The lowest BCUT2D eigenvalue weighted by molar-refractivity contribution is 0.813. The van der Waals surface area contributed by atoms with Gasteiger partial charge < -0.3 is 9.47 Å². The molecule has 0 unspecified atom stereocenters. The van der Waals surface area contributed by atoms with Crippen molar-refractivity contribution in [2.75, 3.05) is 19.0 Å². The third-order valence-electron chi connectivity index (χ3n) is 3.00. The Morgan fingerprint density at radius 1 is 1.05 bits per heavy atom. The highest BCUT2D eigenvalue weighted by Gasteiger charge is 2.11. The number of hydrogen-bond acceptors (Lipinski definition) is 4. The number of anilines is 1. The Morgan fingerprint density at radius 2 is 1.84 bits per heavy atom. The van der Waals surface area contributed by atoms with E-state index >= 15 is 0 Å². The van der Waals surface area contributed by atoms with Gasteiger partial charge in [0.15, 0.2) is 17.0 Å². The molecular weight excluding hydrogens is 238 g/mol. The maximum atomic E-state index is 4.43. The molecule has 0 saturated heterocycles. The zero-order chi connectivity index (χ0) is 13.2. The number of hydrogen-bond donors (Lipinski definition) is 0. The van der Waals surface area contributed by atoms with Gasteiger partial charge in [-0.05, 0) is 5.56 Å². The van der Waals surface area contributed by atoms with Crippen molar-refractivity contribution in [1.29, 1.82) is 0 Å². The molecule has 0 fully saturated rings. The standard InChI is InChI=1S/C14H15N5/c1-18(2)13-12-14(16-9-15-13)19(10-17-12)8-11-6-4-3-5-7-11/h3-7,9-10H,8H2,1-2H3. The molecule has 0 aliphatic carbocycles. The number of rotatable bonds is 3. The molecule has 1 aromatic carbocycles. The summed E-state index contributed by atoms with van der Waals surface area (Å²) < 4.78 is 2.04. The van der Waals surface area contributed by atoms with Crippen LogP contribution in [0.1, 0.15) is 5.56 Å². The molecule has 5 nitrogen and oxygen atoms in total. The summed E-state index contributed by atoms with van der Waals surface area (Å²) in [4.78, 5) is 15.0. The van der Waals surface area contributed by atoms with Gasteiger partial charge >= 0.3 is 0 Å². The van der Waals surface area contributed by atoms with Crippen LogP contribution in [0.5, 0.6) is 0 Å². The van der Waals surface area contributed by atoms with Crippen LogP contribution < -0.4 is 4.90 Å². The van der Waals surface area contributed by atoms with Gasteiger partial charge in [-0.1, -0.05) is 30.3 Å². The second kappa shape index (κ2) is 4.68. The molecule has 0 spiro atoms. The molecule has 0 radical (unpaired) electrons. The lowest BCUT2D eigenvalue weighted by Gasteiger charge is -2.11. The highest BCUT2D eigenvalue weighted by atomic mass is 15.2. The maximum absolute atomic E-state index is 4.43. The lowest BCUT2D eigenvalue weighted by Crippen LogP contribution is -2.11. The van der Waals surface area contributed by atoms with Crippen molar-refractivity contribution in [3.8, 4) is 0 Å². The van der Waals surface area contributed by atoms with Crippen LogP contribution in [0.2, 0.25) is 0 Å². The van der Waals surface area contributed by atoms with Crippen LogP contribution >= 0.6 is 0 Å². The van der Waals surface area contributed by atoms with Gasteiger partial charge in [-0.3, -0.25) is 0 Å². The second-order valence-corrected chi connectivity index (χ2v) is 4.62. The number of fused-ring (bicyclic) bond motifs is 1. The van der Waals surface area contributed by atoms with Crippen LogP contribution in [0.25, 0.3) is 11.2 Å². The first-order valence-corrected chi connectivity index (χ1v) is 6.13. The average Bonchev–Trinajstić information content (AvgIpc) is 2.83. The first kappa shape index (κ1) is 11.6. The molecule has 5 heteroatoms. The van der Waals surface area contributed by atoms with Gasteiger partial charge in [0.1, 0.15) is 6.33 Å². The van der Waals surface area contributed by atoms with E-state index in [0.29, 0.717) is 0 Å². The number of benzene rings is 1. The van der Waals surface area contributed by atoms with Crippen molar-refractivity contribution in [2.24, 2.45) is 0 Å². The van der Waals surface area contributed by atoms with E-state index in [1.807, 2.05) is 48.1 Å². The van der Waals surface area contributed by atoms with E-state index < -0.39 is 0 Å². The third-order valence-corrected chi connectivity index (χ3v) is 3.00. The molecule has 0 aliphatic rings. The Labute approximate surface area is 111 Å². The van der Waals surface area contributed by atoms with Gasteiger partial charge in [0.25, 0.3) is 0 Å². The molecule has 96 valence electrons. The molecule has 0 bridgehead atoms. The van der Waals surface area contributed by atoms with Crippen molar-refractivity contribution in [3.05, 3.63) is 48.5 Å². The van der Waals surface area contributed by atoms with Crippen LogP contribution in [-0.2, 0) is 6.54 Å². The van der Waals surface area contributed by atoms with Gasteiger partial charge in [-0.25, -0.2) is 15.0 Å². The Bertz CT molecular complexity index is 687. The van der Waals surface area contributed by atoms with E-state index in [2.05, 4.69) is 27.1 Å². The molecule has 3 rings (SSSR count). The number of aromatic nitrogens is 4. The highest BCUT2D eigenvalue weighted by Crippen LogP contribution is 2.19. The van der Waals surface area contributed by atoms with E-state index in [4.69, 9.17) is 0 Å². The van der Waals surface area contributed by atoms with E-state index in [9.17, 15) is 0 Å². The smallest absolute Gasteiger partial charge is 0.165 e. The summed E-state index contributed by atoms with van der Waals surface area (Å²) in [6.45, 7) is 0.765. The largest absolute Gasteiger partial charge is 0.361 e. The van der Waals surface area contributed by atoms with Crippen molar-refractivity contribution < 1.29 is 0 Å². The van der Waals surface area contributed by atoms with Gasteiger partial charge in [0.2, 0.25) is 0 Å². The van der Waals surface area contributed by atoms with Crippen molar-refractivity contribution >= 4 is 17.0 Å². The topological polar surface area (TPSA) is 46.8 Å². The van der Waals surface area contributed by atoms with Gasteiger partial charge in [0.05, 0.1) is 12.9 Å². The third kappa shape index (κ3) is 2.14. The first-order chi connectivity index (χ1) is 9.25. The molecule has 3 aromatic rings. The Kier molecular flexibility index (Phi) is 2.87. The van der Waals surface area contributed by atoms with Crippen LogP contribution in [0, 0.1) is 0 Å². The summed E-state index contributed by atoms with van der Waals surface area (Å²) in [6.07, 6.45) is 3.40. The lowest BCUT2D eigenvalue weighted by atomic mass is 10.2. The van der Waals surface area contributed by atoms with Gasteiger partial charge in [-0.2, -0.15) is 0 Å². The summed E-state index contributed by atoms with van der Waals surface area (Å²) in [7, 11) is 3.91. The molecule has 0 saturated carbocycles. The molecule has 19 heavy (non-hydrogen) atoms. The SMILES string of the molecule is CN(C)c1ncnc2c1ncn2Cc1ccccc1. The number of imidazole rings is 1. The minimum atomic E-state index is 0.765. The fourth-order valence-electron chi connectivity index (χ4n) is 2.09. The fourth-order valence-corrected chi connectivity index (χ4v) is 2.09. The Morgan fingerprint density at radius 3 is 2.58 bits per heavy atom. The van der Waals surface area contributed by atoms with Crippen molar-refractivity contribution in [2.45, 2.75) is 6.54 Å². The van der Waals surface area contributed by atoms with Crippen LogP contribution in [0.4, 0.5) is 5.82 Å². The van der Waals surface area contributed by atoms with Crippen LogP contribution in [-0.4, -0.2) is 33.6 Å². The van der Waals surface area contributed by atoms with E-state index in [-0.39, 0.29) is 0 Å². The molecule has 0 aliphatic heterocycles. The summed E-state index contributed by atoms with van der Waals surface area (Å²) in [5.74, 6) is 0.844. The quantitative estimate of drug-likeness (QED) is 0.715. The van der Waals surface area contributed by atoms with E-state index in [0.717, 1.165) is 23.5 Å². The molecular formula is C14H15N5. The summed E-state index contributed by atoms with van der Waals surface area (Å²) in [6, 6.07) is 10.3. The van der Waals surface area contributed by atoms with Crippen LogP contribution in [0.3, 0.4) is 0 Å². The highest BCUT2D eigenvalue weighted by molar-refractivity contribution is 5.83. The second-order valence-electron chi connectivity index (χ2n) is 4.62. The van der Waals surface area contributed by atoms with E-state index in [1.165, 1.54) is 5.56 Å². The zero-order valence-electron chi connectivity index (χ0n) is 11.0.